The van der Waals surface area contributed by atoms with Crippen molar-refractivity contribution in [2.45, 2.75) is 33.4 Å². The van der Waals surface area contributed by atoms with Crippen LogP contribution in [0, 0.1) is 0 Å². The largest absolute Gasteiger partial charge is 0.361 e. The molecule has 132 valence electrons. The van der Waals surface area contributed by atoms with E-state index in [1.54, 1.807) is 6.33 Å². The average Bonchev–Trinajstić information content (AvgIpc) is 3.26. The molecule has 1 aromatic carbocycles. The smallest absolute Gasteiger partial charge is 0.191 e. The molecule has 0 spiro atoms. The van der Waals surface area contributed by atoms with Gasteiger partial charge >= 0.3 is 0 Å². The molecule has 3 N–H and O–H groups in total. The fourth-order valence-electron chi connectivity index (χ4n) is 2.81. The van der Waals surface area contributed by atoms with Gasteiger partial charge < -0.3 is 20.2 Å². The van der Waals surface area contributed by atoms with Crippen LogP contribution in [0.1, 0.15) is 25.2 Å². The fourth-order valence-corrected chi connectivity index (χ4v) is 2.81. The zero-order valence-electron chi connectivity index (χ0n) is 14.8. The van der Waals surface area contributed by atoms with E-state index in [0.717, 1.165) is 37.8 Å². The van der Waals surface area contributed by atoms with Gasteiger partial charge in [0.15, 0.2) is 11.8 Å². The highest BCUT2D eigenvalue weighted by Gasteiger charge is 2.05. The number of nitrogens with one attached hydrogen (secondary N) is 3. The molecule has 2 heterocycles. The molecule has 0 aliphatic rings. The number of para-hydroxylation sites is 1. The zero-order valence-corrected chi connectivity index (χ0v) is 14.8. The Morgan fingerprint density at radius 1 is 1.24 bits per heavy atom. The Bertz CT molecular complexity index is 831. The Balaban J connectivity index is 1.59. The topological polar surface area (TPSA) is 82.9 Å². The summed E-state index contributed by atoms with van der Waals surface area (Å²) in [5.74, 6) is 1.67. The van der Waals surface area contributed by atoms with Crippen LogP contribution in [0.3, 0.4) is 0 Å². The first-order valence-corrected chi connectivity index (χ1v) is 8.75. The number of hydrogen-bond acceptors (Lipinski definition) is 3. The van der Waals surface area contributed by atoms with Gasteiger partial charge in [-0.05, 0) is 31.9 Å². The number of fused-ring (bicyclic) bond motifs is 1. The van der Waals surface area contributed by atoms with Crippen molar-refractivity contribution in [3.63, 3.8) is 0 Å². The van der Waals surface area contributed by atoms with Crippen molar-refractivity contribution < 1.29 is 0 Å². The first-order chi connectivity index (χ1) is 12.3. The lowest BCUT2D eigenvalue weighted by Gasteiger charge is -2.11. The van der Waals surface area contributed by atoms with Gasteiger partial charge in [-0.15, -0.1) is 10.2 Å². The molecule has 0 saturated heterocycles. The van der Waals surface area contributed by atoms with Crippen LogP contribution in [-0.2, 0) is 19.5 Å². The minimum Gasteiger partial charge on any atom is -0.361 e. The molecule has 0 amide bonds. The van der Waals surface area contributed by atoms with E-state index >= 15 is 0 Å². The second-order valence-electron chi connectivity index (χ2n) is 5.76. The maximum absolute atomic E-state index is 4.61. The minimum atomic E-state index is 0.510. The van der Waals surface area contributed by atoms with Gasteiger partial charge in [0.2, 0.25) is 0 Å². The second kappa shape index (κ2) is 8.32. The van der Waals surface area contributed by atoms with Gasteiger partial charge in [0, 0.05) is 36.7 Å². The highest BCUT2D eigenvalue weighted by molar-refractivity contribution is 5.83. The highest BCUT2D eigenvalue weighted by Crippen LogP contribution is 2.17. The van der Waals surface area contributed by atoms with Crippen LogP contribution in [-0.4, -0.2) is 38.8 Å². The van der Waals surface area contributed by atoms with Crippen LogP contribution < -0.4 is 10.6 Å². The van der Waals surface area contributed by atoms with Crippen molar-refractivity contribution in [3.05, 3.63) is 48.2 Å². The molecule has 3 rings (SSSR count). The Morgan fingerprint density at radius 2 is 2.12 bits per heavy atom. The molecule has 0 saturated carbocycles. The number of nitrogens with zero attached hydrogens (tertiary/aromatic N) is 4. The molecule has 0 atom stereocenters. The number of benzene rings is 1. The minimum absolute atomic E-state index is 0.510. The molecule has 7 nitrogen and oxygen atoms in total. The number of rotatable bonds is 7. The second-order valence-corrected chi connectivity index (χ2v) is 5.76. The van der Waals surface area contributed by atoms with Gasteiger partial charge in [0.05, 0.1) is 0 Å². The van der Waals surface area contributed by atoms with E-state index in [-0.39, 0.29) is 0 Å². The summed E-state index contributed by atoms with van der Waals surface area (Å²) in [6.07, 6.45) is 4.75. The molecular formula is C18H25N7. The van der Waals surface area contributed by atoms with Gasteiger partial charge in [0.1, 0.15) is 12.9 Å². The summed E-state index contributed by atoms with van der Waals surface area (Å²) in [5.41, 5.74) is 2.49. The highest BCUT2D eigenvalue weighted by atomic mass is 15.3. The summed E-state index contributed by atoms with van der Waals surface area (Å²) in [6.45, 7) is 7.12. The van der Waals surface area contributed by atoms with E-state index in [1.165, 1.54) is 16.5 Å². The lowest BCUT2D eigenvalue weighted by Crippen LogP contribution is -2.38. The molecule has 2 aromatic heterocycles. The normalized spacial score (nSPS) is 11.8. The van der Waals surface area contributed by atoms with Crippen molar-refractivity contribution in [2.75, 3.05) is 13.1 Å². The van der Waals surface area contributed by atoms with Crippen LogP contribution in [0.2, 0.25) is 0 Å². The zero-order chi connectivity index (χ0) is 17.5. The summed E-state index contributed by atoms with van der Waals surface area (Å²) >= 11 is 0. The van der Waals surface area contributed by atoms with Gasteiger partial charge in [-0.3, -0.25) is 0 Å². The molecule has 0 fully saturated rings. The van der Waals surface area contributed by atoms with E-state index in [4.69, 9.17) is 0 Å². The third-order valence-corrected chi connectivity index (χ3v) is 4.12. The summed E-state index contributed by atoms with van der Waals surface area (Å²) in [6, 6.07) is 8.37. The Morgan fingerprint density at radius 3 is 2.96 bits per heavy atom. The van der Waals surface area contributed by atoms with E-state index in [0.29, 0.717) is 6.54 Å². The number of hydrogen-bond donors (Lipinski definition) is 3. The number of aromatic nitrogens is 4. The monoisotopic (exact) mass is 339 g/mol. The maximum atomic E-state index is 4.61. The summed E-state index contributed by atoms with van der Waals surface area (Å²) in [7, 11) is 0. The van der Waals surface area contributed by atoms with Crippen molar-refractivity contribution in [1.82, 2.24) is 30.4 Å². The number of guanidine groups is 1. The van der Waals surface area contributed by atoms with Crippen LogP contribution in [0.4, 0.5) is 0 Å². The number of H-pyrrole nitrogens is 1. The summed E-state index contributed by atoms with van der Waals surface area (Å²) in [4.78, 5) is 7.93. The predicted molar refractivity (Wildman–Crippen MR) is 101 cm³/mol. The molecule has 0 unspecified atom stereocenters. The molecule has 25 heavy (non-hydrogen) atoms. The van der Waals surface area contributed by atoms with Gasteiger partial charge in [0.25, 0.3) is 0 Å². The van der Waals surface area contributed by atoms with Crippen LogP contribution in [0.25, 0.3) is 10.9 Å². The van der Waals surface area contributed by atoms with Crippen LogP contribution in [0.15, 0.2) is 41.8 Å². The standard InChI is InChI=1S/C18H25N7/c1-3-19-18(22-12-17-24-23-13-25(17)4-2)20-10-9-14-11-21-16-8-6-5-7-15(14)16/h5-8,11,13,21H,3-4,9-10,12H2,1-2H3,(H2,19,20,22). The summed E-state index contributed by atoms with van der Waals surface area (Å²) in [5, 5.41) is 16.0. The van der Waals surface area contributed by atoms with Crippen molar-refractivity contribution >= 4 is 16.9 Å². The van der Waals surface area contributed by atoms with Crippen molar-refractivity contribution in [3.8, 4) is 0 Å². The Hall–Kier alpha value is -2.83. The maximum Gasteiger partial charge on any atom is 0.191 e. The molecule has 7 heteroatoms. The Labute approximate surface area is 147 Å². The van der Waals surface area contributed by atoms with Gasteiger partial charge in [-0.1, -0.05) is 18.2 Å². The number of aromatic amines is 1. The average molecular weight is 339 g/mol. The quantitative estimate of drug-likeness (QED) is 0.455. The van der Waals surface area contributed by atoms with Crippen LogP contribution in [0.5, 0.6) is 0 Å². The van der Waals surface area contributed by atoms with E-state index in [2.05, 4.69) is 69.1 Å². The first kappa shape index (κ1) is 17.0. The molecule has 0 aliphatic heterocycles. The number of aryl methyl sites for hydroxylation is 1. The van der Waals surface area contributed by atoms with Gasteiger partial charge in [-0.2, -0.15) is 0 Å². The molecule has 0 aliphatic carbocycles. The van der Waals surface area contributed by atoms with Crippen molar-refractivity contribution in [1.29, 1.82) is 0 Å². The third-order valence-electron chi connectivity index (χ3n) is 4.12. The van der Waals surface area contributed by atoms with E-state index in [9.17, 15) is 0 Å². The van der Waals surface area contributed by atoms with Gasteiger partial charge in [-0.25, -0.2) is 4.99 Å². The molecule has 0 radical (unpaired) electrons. The molecule has 0 bridgehead atoms. The lowest BCUT2D eigenvalue weighted by atomic mass is 10.1. The lowest BCUT2D eigenvalue weighted by molar-refractivity contribution is 0.694. The predicted octanol–water partition coefficient (Wildman–Crippen LogP) is 2.08. The van der Waals surface area contributed by atoms with E-state index < -0.39 is 0 Å². The van der Waals surface area contributed by atoms with Crippen molar-refractivity contribution in [2.24, 2.45) is 4.99 Å². The SMILES string of the molecule is CCNC(=NCc1nncn1CC)NCCc1c[nH]c2ccccc12. The summed E-state index contributed by atoms with van der Waals surface area (Å²) < 4.78 is 2.00. The molecular weight excluding hydrogens is 314 g/mol. The first-order valence-electron chi connectivity index (χ1n) is 8.75. The molecule has 3 aromatic rings. The Kier molecular flexibility index (Phi) is 5.66. The van der Waals surface area contributed by atoms with E-state index in [1.807, 2.05) is 10.6 Å². The number of aliphatic imine (C=N–C) groups is 1. The fraction of sp³-hybridized carbons (Fsp3) is 0.389. The van der Waals surface area contributed by atoms with Crippen LogP contribution >= 0.6 is 0 Å². The third kappa shape index (κ3) is 4.17.